The van der Waals surface area contributed by atoms with Crippen molar-refractivity contribution >= 4 is 11.8 Å². The third-order valence-corrected chi connectivity index (χ3v) is 5.03. The van der Waals surface area contributed by atoms with Crippen LogP contribution in [-0.4, -0.2) is 35.4 Å². The fourth-order valence-corrected chi connectivity index (χ4v) is 3.44. The van der Waals surface area contributed by atoms with Crippen LogP contribution >= 0.6 is 0 Å². The zero-order valence-electron chi connectivity index (χ0n) is 16.6. The molecule has 3 atom stereocenters. The minimum Gasteiger partial charge on any atom is -0.490 e. The third kappa shape index (κ3) is 4.41. The topological polar surface area (TPSA) is 87.7 Å². The number of alkyl halides is 3. The summed E-state index contributed by atoms with van der Waals surface area (Å²) in [6, 6.07) is 9.09. The summed E-state index contributed by atoms with van der Waals surface area (Å²) in [4.78, 5) is 25.2. The fourth-order valence-electron chi connectivity index (χ4n) is 3.44. The van der Waals surface area contributed by atoms with Crippen molar-refractivity contribution in [2.75, 3.05) is 6.61 Å². The zero-order valence-corrected chi connectivity index (χ0v) is 16.6. The van der Waals surface area contributed by atoms with Crippen LogP contribution in [0.5, 0.6) is 5.75 Å². The molecule has 31 heavy (non-hydrogen) atoms. The van der Waals surface area contributed by atoms with Gasteiger partial charge in [0.25, 0.3) is 0 Å². The minimum absolute atomic E-state index is 0.0211. The van der Waals surface area contributed by atoms with E-state index in [-0.39, 0.29) is 17.7 Å². The van der Waals surface area contributed by atoms with Crippen molar-refractivity contribution in [1.82, 2.24) is 10.6 Å². The van der Waals surface area contributed by atoms with Gasteiger partial charge in [-0.05, 0) is 24.6 Å². The zero-order chi connectivity index (χ0) is 22.8. The predicted molar refractivity (Wildman–Crippen MR) is 107 cm³/mol. The van der Waals surface area contributed by atoms with Crippen LogP contribution in [0.25, 0.3) is 0 Å². The number of benzene rings is 2. The lowest BCUT2D eigenvalue weighted by Gasteiger charge is -2.45. The van der Waals surface area contributed by atoms with Crippen molar-refractivity contribution in [3.8, 4) is 5.75 Å². The summed E-state index contributed by atoms with van der Waals surface area (Å²) in [6.07, 6.45) is -3.78. The number of hydrogen-bond acceptors (Lipinski definition) is 4. The number of rotatable bonds is 6. The number of Topliss-reactive ketones (excluding diaryl/α,β-unsaturated/α-hetero) is 1. The molecular formula is C22H21F3N2O4. The van der Waals surface area contributed by atoms with E-state index in [4.69, 9.17) is 4.74 Å². The van der Waals surface area contributed by atoms with E-state index in [2.05, 4.69) is 11.9 Å². The molecule has 0 unspecified atom stereocenters. The molecule has 2 aromatic rings. The lowest BCUT2D eigenvalue weighted by Crippen LogP contribution is -2.72. The van der Waals surface area contributed by atoms with Gasteiger partial charge >= 0.3 is 12.2 Å². The second kappa shape index (κ2) is 8.43. The quantitative estimate of drug-likeness (QED) is 0.478. The molecular weight excluding hydrogens is 413 g/mol. The van der Waals surface area contributed by atoms with Crippen LogP contribution in [0.3, 0.4) is 0 Å². The molecule has 0 bridgehead atoms. The Morgan fingerprint density at radius 2 is 1.81 bits per heavy atom. The summed E-state index contributed by atoms with van der Waals surface area (Å²) in [6.45, 7) is 5.52. The van der Waals surface area contributed by atoms with Crippen LogP contribution in [-0.2, 0) is 0 Å². The maximum atomic E-state index is 13.9. The number of carbonyl (C=O) groups is 2. The Balaban J connectivity index is 2.07. The molecule has 1 aliphatic heterocycles. The van der Waals surface area contributed by atoms with Gasteiger partial charge in [0.15, 0.2) is 5.78 Å². The summed E-state index contributed by atoms with van der Waals surface area (Å²) >= 11 is 0. The van der Waals surface area contributed by atoms with Gasteiger partial charge in [-0.3, -0.25) is 4.79 Å². The predicted octanol–water partition coefficient (Wildman–Crippen LogP) is 3.66. The highest BCUT2D eigenvalue weighted by Gasteiger charge is 2.66. The number of carbonyl (C=O) groups excluding carboxylic acids is 2. The van der Waals surface area contributed by atoms with E-state index >= 15 is 0 Å². The molecule has 0 aromatic heterocycles. The molecule has 2 amide bonds. The lowest BCUT2D eigenvalue weighted by molar-refractivity contribution is -0.287. The average molecular weight is 434 g/mol. The van der Waals surface area contributed by atoms with Crippen molar-refractivity contribution in [3.63, 3.8) is 0 Å². The van der Waals surface area contributed by atoms with Crippen molar-refractivity contribution in [2.45, 2.75) is 24.9 Å². The van der Waals surface area contributed by atoms with Gasteiger partial charge in [0.05, 0.1) is 6.04 Å². The van der Waals surface area contributed by atoms with Gasteiger partial charge in [0.2, 0.25) is 5.72 Å². The van der Waals surface area contributed by atoms with Gasteiger partial charge in [-0.2, -0.15) is 13.2 Å². The molecule has 164 valence electrons. The van der Waals surface area contributed by atoms with Gasteiger partial charge in [-0.1, -0.05) is 54.6 Å². The van der Waals surface area contributed by atoms with Gasteiger partial charge in [-0.15, -0.1) is 0 Å². The maximum Gasteiger partial charge on any atom is 0.437 e. The van der Waals surface area contributed by atoms with E-state index in [1.807, 2.05) is 0 Å². The molecule has 1 aliphatic rings. The highest BCUT2D eigenvalue weighted by Crippen LogP contribution is 2.44. The molecule has 9 heteroatoms. The number of aryl methyl sites for hydroxylation is 1. The molecule has 0 saturated carbocycles. The van der Waals surface area contributed by atoms with Gasteiger partial charge in [0.1, 0.15) is 18.3 Å². The van der Waals surface area contributed by atoms with E-state index in [1.54, 1.807) is 19.1 Å². The van der Waals surface area contributed by atoms with Crippen LogP contribution in [0.4, 0.5) is 18.0 Å². The highest BCUT2D eigenvalue weighted by atomic mass is 19.4. The molecule has 3 N–H and O–H groups in total. The normalized spacial score (nSPS) is 23.5. The summed E-state index contributed by atoms with van der Waals surface area (Å²) in [5.74, 6) is -2.62. The average Bonchev–Trinajstić information content (AvgIpc) is 2.71. The van der Waals surface area contributed by atoms with E-state index < -0.39 is 35.7 Å². The van der Waals surface area contributed by atoms with Crippen LogP contribution in [0.15, 0.2) is 61.2 Å². The number of urea groups is 1. The number of amides is 2. The first-order valence-electron chi connectivity index (χ1n) is 9.39. The Bertz CT molecular complexity index is 974. The third-order valence-electron chi connectivity index (χ3n) is 5.03. The largest absolute Gasteiger partial charge is 0.490 e. The monoisotopic (exact) mass is 434 g/mol. The first-order chi connectivity index (χ1) is 14.6. The Kier molecular flexibility index (Phi) is 6.08. The summed E-state index contributed by atoms with van der Waals surface area (Å²) in [5.41, 5.74) is -2.77. The Morgan fingerprint density at radius 3 is 2.35 bits per heavy atom. The Labute approximate surface area is 176 Å². The number of ether oxygens (including phenoxy) is 1. The van der Waals surface area contributed by atoms with E-state index in [0.717, 1.165) is 5.56 Å². The molecule has 1 heterocycles. The molecule has 1 fully saturated rings. The van der Waals surface area contributed by atoms with Crippen molar-refractivity contribution in [2.24, 2.45) is 5.92 Å². The first-order valence-corrected chi connectivity index (χ1v) is 9.39. The molecule has 0 aliphatic carbocycles. The van der Waals surface area contributed by atoms with Crippen LogP contribution in [0.1, 0.15) is 27.5 Å². The first kappa shape index (κ1) is 22.4. The molecule has 6 nitrogen and oxygen atoms in total. The highest BCUT2D eigenvalue weighted by molar-refractivity contribution is 6.00. The minimum atomic E-state index is -5.30. The smallest absolute Gasteiger partial charge is 0.437 e. The Hall–Kier alpha value is -3.33. The second-order valence-electron chi connectivity index (χ2n) is 7.22. The summed E-state index contributed by atoms with van der Waals surface area (Å²) in [7, 11) is 0. The van der Waals surface area contributed by atoms with Crippen molar-refractivity contribution in [3.05, 3.63) is 77.9 Å². The second-order valence-corrected chi connectivity index (χ2v) is 7.22. The SMILES string of the molecule is C=CCOc1ccc([C@@H]2NC(=O)N[C@@](O)(C(F)(F)F)[C@H]2C(=O)c2ccc(C)cc2)cc1. The van der Waals surface area contributed by atoms with E-state index in [1.165, 1.54) is 47.8 Å². The number of nitrogens with one attached hydrogen (secondary N) is 2. The van der Waals surface area contributed by atoms with Gasteiger partial charge in [-0.25, -0.2) is 4.79 Å². The van der Waals surface area contributed by atoms with Gasteiger partial charge < -0.3 is 20.5 Å². The van der Waals surface area contributed by atoms with Crippen LogP contribution in [0.2, 0.25) is 0 Å². The lowest BCUT2D eigenvalue weighted by atomic mass is 9.77. The molecule has 2 aromatic carbocycles. The maximum absolute atomic E-state index is 13.9. The molecule has 3 rings (SSSR count). The van der Waals surface area contributed by atoms with Crippen LogP contribution in [0, 0.1) is 12.8 Å². The van der Waals surface area contributed by atoms with Crippen molar-refractivity contribution < 1.29 is 32.6 Å². The number of ketones is 1. The van der Waals surface area contributed by atoms with E-state index in [9.17, 15) is 27.9 Å². The summed E-state index contributed by atoms with van der Waals surface area (Å²) in [5, 5.41) is 14.4. The molecule has 0 radical (unpaired) electrons. The number of aliphatic hydroxyl groups is 1. The number of hydrogen-bond donors (Lipinski definition) is 3. The van der Waals surface area contributed by atoms with Crippen LogP contribution < -0.4 is 15.4 Å². The van der Waals surface area contributed by atoms with E-state index in [0.29, 0.717) is 5.75 Å². The summed E-state index contributed by atoms with van der Waals surface area (Å²) < 4.78 is 47.1. The standard InChI is InChI=1S/C22H21F3N2O4/c1-3-12-31-16-10-8-14(9-11-16)18-17(19(28)15-6-4-13(2)5-7-15)21(30,22(23,24)25)27-20(29)26-18/h3-11,17-18,30H,1,12H2,2H3,(H2,26,27,29)/t17-,18+,21+/m1/s1. The molecule has 1 saturated heterocycles. The molecule has 0 spiro atoms. The Morgan fingerprint density at radius 1 is 1.19 bits per heavy atom. The van der Waals surface area contributed by atoms with Crippen molar-refractivity contribution in [1.29, 1.82) is 0 Å². The number of halogens is 3. The van der Waals surface area contributed by atoms with Gasteiger partial charge in [0, 0.05) is 5.56 Å². The fraction of sp³-hybridized carbons (Fsp3) is 0.273.